The van der Waals surface area contributed by atoms with Gasteiger partial charge >= 0.3 is 0 Å². The molecule has 0 saturated carbocycles. The van der Waals surface area contributed by atoms with Crippen LogP contribution in [0.4, 0.5) is 11.5 Å². The number of hydrogen-bond acceptors (Lipinski definition) is 12. The first-order valence-corrected chi connectivity index (χ1v) is 21.0. The largest absolute Gasteiger partial charge is 0.492 e. The van der Waals surface area contributed by atoms with Gasteiger partial charge in [0.15, 0.2) is 0 Å². The molecule has 0 unspecified atom stereocenters. The molecule has 8 N–H and O–H groups in total. The average Bonchev–Trinajstić information content (AvgIpc) is 3.67. The Morgan fingerprint density at radius 3 is 2.27 bits per heavy atom. The highest BCUT2D eigenvalue weighted by molar-refractivity contribution is 7.17. The highest BCUT2D eigenvalue weighted by atomic mass is 32.1. The third-order valence-corrected chi connectivity index (χ3v) is 11.9. The standard InChI is InChI=1S/C45H52N8O5S/c1-3-36-37(31-6-10-33(11-7-31)57-23-19-47)25-50-43(48)40(36)32-8-14-35(15-9-32)58-34-12-4-30(5-13-34)29(2)24-39(54)52-21-16-45(56,17-22-52)27-53-28-51-41-38(49-20-18-46)26-59-42(41)44(53)55/h4-15,25-26,28-29,49,56H,3,16-24,27,46-47H2,1-2H3,(H2,48,50)/t29-/m1/s1. The van der Waals surface area contributed by atoms with Crippen molar-refractivity contribution in [1.29, 1.82) is 0 Å². The van der Waals surface area contributed by atoms with Crippen LogP contribution in [0.15, 0.2) is 95.5 Å². The Morgan fingerprint density at radius 1 is 0.949 bits per heavy atom. The number of rotatable bonds is 16. The van der Waals surface area contributed by atoms with E-state index in [1.54, 1.807) is 0 Å². The number of likely N-dealkylation sites (tertiary alicyclic amines) is 1. The monoisotopic (exact) mass is 816 g/mol. The van der Waals surface area contributed by atoms with Crippen molar-refractivity contribution in [3.63, 3.8) is 0 Å². The zero-order valence-corrected chi connectivity index (χ0v) is 34.3. The summed E-state index contributed by atoms with van der Waals surface area (Å²) in [6.45, 7) is 7.08. The molecule has 3 aromatic carbocycles. The molecular weight excluding hydrogens is 765 g/mol. The fourth-order valence-electron chi connectivity index (χ4n) is 7.64. The molecule has 3 aromatic heterocycles. The zero-order chi connectivity index (χ0) is 41.5. The highest BCUT2D eigenvalue weighted by Crippen LogP contribution is 2.38. The summed E-state index contributed by atoms with van der Waals surface area (Å²) in [5.74, 6) is 2.62. The molecule has 0 bridgehead atoms. The van der Waals surface area contributed by atoms with Gasteiger partial charge < -0.3 is 42.0 Å². The summed E-state index contributed by atoms with van der Waals surface area (Å²) in [7, 11) is 0. The van der Waals surface area contributed by atoms with Gasteiger partial charge in [-0.2, -0.15) is 0 Å². The number of benzene rings is 3. The number of nitrogens with zero attached hydrogens (tertiary/aromatic N) is 4. The summed E-state index contributed by atoms with van der Waals surface area (Å²) in [6.07, 6.45) is 5.17. The molecule has 13 nitrogen and oxygen atoms in total. The maximum Gasteiger partial charge on any atom is 0.271 e. The molecule has 1 atom stereocenters. The number of anilines is 2. The van der Waals surface area contributed by atoms with Crippen LogP contribution in [0.5, 0.6) is 17.2 Å². The minimum absolute atomic E-state index is 0.0203. The van der Waals surface area contributed by atoms with Crippen molar-refractivity contribution in [2.24, 2.45) is 11.5 Å². The molecule has 0 radical (unpaired) electrons. The first kappa shape index (κ1) is 41.4. The number of amides is 1. The Balaban J connectivity index is 0.927. The topological polar surface area (TPSA) is 197 Å². The smallest absolute Gasteiger partial charge is 0.271 e. The third kappa shape index (κ3) is 9.42. The van der Waals surface area contributed by atoms with Gasteiger partial charge in [0.2, 0.25) is 5.91 Å². The molecule has 1 saturated heterocycles. The quantitative estimate of drug-likeness (QED) is 0.0727. The molecule has 7 rings (SSSR count). The number of thiophene rings is 1. The number of fused-ring (bicyclic) bond motifs is 1. The number of nitrogen functional groups attached to an aromatic ring is 1. The first-order valence-electron chi connectivity index (χ1n) is 20.1. The molecule has 59 heavy (non-hydrogen) atoms. The number of carbonyl (C=O) groups is 1. The van der Waals surface area contributed by atoms with Crippen molar-refractivity contribution in [3.05, 3.63) is 112 Å². The Labute approximate surface area is 347 Å². The number of nitrogens with two attached hydrogens (primary N) is 3. The number of carbonyl (C=O) groups excluding carboxylic acids is 1. The van der Waals surface area contributed by atoms with Gasteiger partial charge in [-0.05, 0) is 83.8 Å². The van der Waals surface area contributed by atoms with E-state index in [-0.39, 0.29) is 23.9 Å². The van der Waals surface area contributed by atoms with E-state index in [9.17, 15) is 14.7 Å². The van der Waals surface area contributed by atoms with Crippen LogP contribution in [0.1, 0.15) is 50.2 Å². The molecule has 308 valence electrons. The van der Waals surface area contributed by atoms with Crippen LogP contribution in [0.3, 0.4) is 0 Å². The summed E-state index contributed by atoms with van der Waals surface area (Å²) in [6, 6.07) is 23.6. The summed E-state index contributed by atoms with van der Waals surface area (Å²) < 4.78 is 13.9. The van der Waals surface area contributed by atoms with E-state index in [1.807, 2.05) is 96.2 Å². The molecule has 6 aromatic rings. The summed E-state index contributed by atoms with van der Waals surface area (Å²) in [5, 5.41) is 16.5. The van der Waals surface area contributed by atoms with Gasteiger partial charge in [0.05, 0.1) is 24.2 Å². The van der Waals surface area contributed by atoms with Crippen LogP contribution < -0.4 is 37.6 Å². The van der Waals surface area contributed by atoms with Crippen LogP contribution in [-0.4, -0.2) is 75.4 Å². The van der Waals surface area contributed by atoms with Crippen molar-refractivity contribution in [2.75, 3.05) is 50.4 Å². The van der Waals surface area contributed by atoms with Crippen LogP contribution >= 0.6 is 11.3 Å². The van der Waals surface area contributed by atoms with Gasteiger partial charge in [-0.15, -0.1) is 11.3 Å². The fraction of sp³-hybridized carbons (Fsp3) is 0.333. The number of aromatic nitrogens is 3. The van der Waals surface area contributed by atoms with E-state index in [1.165, 1.54) is 22.2 Å². The second kappa shape index (κ2) is 18.4. The lowest BCUT2D eigenvalue weighted by atomic mass is 9.90. The molecule has 4 heterocycles. The van der Waals surface area contributed by atoms with Gasteiger partial charge in [-0.1, -0.05) is 50.2 Å². The molecule has 14 heteroatoms. The van der Waals surface area contributed by atoms with Crippen LogP contribution in [0.25, 0.3) is 32.5 Å². The Kier molecular flexibility index (Phi) is 12.9. The van der Waals surface area contributed by atoms with E-state index >= 15 is 0 Å². The van der Waals surface area contributed by atoms with Crippen LogP contribution in [-0.2, 0) is 17.8 Å². The highest BCUT2D eigenvalue weighted by Gasteiger charge is 2.35. The second-order valence-corrected chi connectivity index (χ2v) is 15.9. The number of ether oxygens (including phenoxy) is 2. The molecule has 1 fully saturated rings. The zero-order valence-electron chi connectivity index (χ0n) is 33.5. The molecule has 1 aliphatic rings. The van der Waals surface area contributed by atoms with E-state index in [2.05, 4.69) is 22.2 Å². The maximum absolute atomic E-state index is 13.4. The van der Waals surface area contributed by atoms with Crippen molar-refractivity contribution < 1.29 is 19.4 Å². The average molecular weight is 817 g/mol. The van der Waals surface area contributed by atoms with Crippen molar-refractivity contribution in [1.82, 2.24) is 19.4 Å². The molecule has 1 aliphatic heterocycles. The molecular formula is C45H52N8O5S. The molecule has 0 aliphatic carbocycles. The van der Waals surface area contributed by atoms with E-state index < -0.39 is 5.60 Å². The predicted molar refractivity (Wildman–Crippen MR) is 235 cm³/mol. The maximum atomic E-state index is 13.4. The van der Waals surface area contributed by atoms with Gasteiger partial charge in [-0.3, -0.25) is 14.2 Å². The van der Waals surface area contributed by atoms with Gasteiger partial charge in [0, 0.05) is 61.8 Å². The minimum Gasteiger partial charge on any atom is -0.492 e. The number of nitrogens with one attached hydrogen (secondary N) is 1. The second-order valence-electron chi connectivity index (χ2n) is 15.1. The van der Waals surface area contributed by atoms with Crippen LogP contribution in [0, 0.1) is 0 Å². The number of piperidine rings is 1. The first-order chi connectivity index (χ1) is 28.6. The number of pyridine rings is 1. The number of aliphatic hydroxyl groups is 1. The number of hydrogen-bond donors (Lipinski definition) is 5. The van der Waals surface area contributed by atoms with Gasteiger partial charge in [0.1, 0.15) is 39.9 Å². The van der Waals surface area contributed by atoms with Crippen molar-refractivity contribution in [3.8, 4) is 39.5 Å². The molecule has 1 amide bonds. The Bertz CT molecular complexity index is 2430. The van der Waals surface area contributed by atoms with E-state index in [0.29, 0.717) is 86.1 Å². The third-order valence-electron chi connectivity index (χ3n) is 10.9. The van der Waals surface area contributed by atoms with Gasteiger partial charge in [0.25, 0.3) is 5.56 Å². The Morgan fingerprint density at radius 2 is 1.61 bits per heavy atom. The van der Waals surface area contributed by atoms with Gasteiger partial charge in [-0.25, -0.2) is 9.97 Å². The molecule has 0 spiro atoms. The van der Waals surface area contributed by atoms with Crippen molar-refractivity contribution >= 4 is 39.0 Å². The Hall–Kier alpha value is -5.80. The van der Waals surface area contributed by atoms with E-state index in [0.717, 1.165) is 51.2 Å². The summed E-state index contributed by atoms with van der Waals surface area (Å²) in [4.78, 5) is 37.5. The lowest BCUT2D eigenvalue weighted by Gasteiger charge is -2.38. The summed E-state index contributed by atoms with van der Waals surface area (Å²) in [5.41, 5.74) is 23.8. The van der Waals surface area contributed by atoms with Crippen LogP contribution in [0.2, 0.25) is 0 Å². The lowest BCUT2D eigenvalue weighted by molar-refractivity contribution is -0.136. The fourth-order valence-corrected chi connectivity index (χ4v) is 8.57. The summed E-state index contributed by atoms with van der Waals surface area (Å²) >= 11 is 1.33. The predicted octanol–water partition coefficient (Wildman–Crippen LogP) is 6.38. The van der Waals surface area contributed by atoms with E-state index in [4.69, 9.17) is 26.7 Å². The van der Waals surface area contributed by atoms with Crippen molar-refractivity contribution in [2.45, 2.75) is 57.6 Å². The normalized spacial score (nSPS) is 14.3. The minimum atomic E-state index is -1.11. The lowest BCUT2D eigenvalue weighted by Crippen LogP contribution is -2.49. The SMILES string of the molecule is CCc1c(-c2ccc(OCCN)cc2)cnc(N)c1-c1ccc(Oc2ccc([C@H](C)CC(=O)N3CCC(O)(Cn4cnc5c(NCCN)csc5c4=O)CC3)cc2)cc1.